The summed E-state index contributed by atoms with van der Waals surface area (Å²) in [5.41, 5.74) is 1.15. The molecule has 168 valence electrons. The maximum absolute atomic E-state index is 13.3. The van der Waals surface area contributed by atoms with Crippen molar-refractivity contribution in [3.05, 3.63) is 64.4 Å². The SMILES string of the molecule is C.COC(=O)c1ccc(C2CC(C(=O)Nc3ccc(F)c(Cl)c3)N(C)S(=O)(=O)N2)cc1. The molecule has 1 amide bonds. The zero-order valence-corrected chi connectivity index (χ0v) is 17.6. The molecule has 2 aromatic carbocycles. The molecule has 0 spiro atoms. The van der Waals surface area contributed by atoms with E-state index in [0.717, 1.165) is 10.4 Å². The third kappa shape index (κ3) is 5.40. The zero-order valence-electron chi connectivity index (χ0n) is 16.1. The number of hydrogen-bond donors (Lipinski definition) is 2. The second-order valence-corrected chi connectivity index (χ2v) is 8.84. The first-order valence-electron chi connectivity index (χ1n) is 8.82. The highest BCUT2D eigenvalue weighted by atomic mass is 35.5. The molecule has 3 rings (SSSR count). The van der Waals surface area contributed by atoms with Crippen LogP contribution in [0, 0.1) is 5.82 Å². The van der Waals surface area contributed by atoms with Gasteiger partial charge in [-0.1, -0.05) is 31.2 Å². The molecular weight excluding hydrogens is 449 g/mol. The zero-order chi connectivity index (χ0) is 22.1. The van der Waals surface area contributed by atoms with Crippen LogP contribution in [0.5, 0.6) is 0 Å². The number of hydrogen-bond acceptors (Lipinski definition) is 5. The van der Waals surface area contributed by atoms with Gasteiger partial charge in [-0.3, -0.25) is 4.79 Å². The molecule has 0 bridgehead atoms. The average Bonchev–Trinajstić information content (AvgIpc) is 2.72. The highest BCUT2D eigenvalue weighted by Gasteiger charge is 2.40. The van der Waals surface area contributed by atoms with Gasteiger partial charge in [0.05, 0.1) is 17.7 Å². The molecule has 2 atom stereocenters. The Kier molecular flexibility index (Phi) is 7.77. The van der Waals surface area contributed by atoms with Gasteiger partial charge < -0.3 is 10.1 Å². The van der Waals surface area contributed by atoms with Crippen LogP contribution in [0.4, 0.5) is 10.1 Å². The first-order valence-corrected chi connectivity index (χ1v) is 10.6. The highest BCUT2D eigenvalue weighted by molar-refractivity contribution is 7.87. The summed E-state index contributed by atoms with van der Waals surface area (Å²) in [6.07, 6.45) is 0.133. The first kappa shape index (κ1) is 24.7. The van der Waals surface area contributed by atoms with E-state index in [0.29, 0.717) is 11.1 Å². The smallest absolute Gasteiger partial charge is 0.337 e. The molecule has 2 unspecified atom stereocenters. The molecule has 2 aromatic rings. The van der Waals surface area contributed by atoms with E-state index in [1.807, 2.05) is 0 Å². The Morgan fingerprint density at radius 1 is 1.23 bits per heavy atom. The van der Waals surface area contributed by atoms with Gasteiger partial charge in [0, 0.05) is 18.8 Å². The topological polar surface area (TPSA) is 105 Å². The standard InChI is InChI=1S/C19H19ClFN3O5S.CH4/c1-24-17(18(25)22-13-7-8-15(21)14(20)9-13)10-16(23-30(24,27)28)11-3-5-12(6-4-11)19(26)29-2;/h3-9,16-17,23H,10H2,1-2H3,(H,22,25);1H4. The number of rotatable bonds is 4. The third-order valence-electron chi connectivity index (χ3n) is 4.79. The van der Waals surface area contributed by atoms with Crippen molar-refractivity contribution >= 4 is 39.4 Å². The van der Waals surface area contributed by atoms with Crippen molar-refractivity contribution in [3.63, 3.8) is 0 Å². The second kappa shape index (κ2) is 9.73. The van der Waals surface area contributed by atoms with E-state index >= 15 is 0 Å². The van der Waals surface area contributed by atoms with Gasteiger partial charge in [-0.15, -0.1) is 0 Å². The summed E-state index contributed by atoms with van der Waals surface area (Å²) in [4.78, 5) is 24.4. The molecule has 0 radical (unpaired) electrons. The van der Waals surface area contributed by atoms with Gasteiger partial charge in [0.25, 0.3) is 10.2 Å². The van der Waals surface area contributed by atoms with Crippen LogP contribution >= 0.6 is 11.6 Å². The van der Waals surface area contributed by atoms with E-state index in [1.54, 1.807) is 12.1 Å². The number of methoxy groups -OCH3 is 1. The van der Waals surface area contributed by atoms with Crippen molar-refractivity contribution in [2.75, 3.05) is 19.5 Å². The number of halogens is 2. The lowest BCUT2D eigenvalue weighted by Gasteiger charge is -2.36. The van der Waals surface area contributed by atoms with Crippen molar-refractivity contribution in [1.29, 1.82) is 0 Å². The van der Waals surface area contributed by atoms with E-state index in [9.17, 15) is 22.4 Å². The second-order valence-electron chi connectivity index (χ2n) is 6.67. The van der Waals surface area contributed by atoms with Crippen LogP contribution in [0.15, 0.2) is 42.5 Å². The predicted octanol–water partition coefficient (Wildman–Crippen LogP) is 3.12. The van der Waals surface area contributed by atoms with Crippen molar-refractivity contribution < 1.29 is 27.1 Å². The van der Waals surface area contributed by atoms with Gasteiger partial charge in [-0.2, -0.15) is 17.4 Å². The van der Waals surface area contributed by atoms with Crippen LogP contribution in [-0.4, -0.2) is 44.8 Å². The Morgan fingerprint density at radius 3 is 2.45 bits per heavy atom. The van der Waals surface area contributed by atoms with E-state index in [1.165, 1.54) is 38.4 Å². The van der Waals surface area contributed by atoms with Crippen molar-refractivity contribution in [2.45, 2.75) is 25.9 Å². The Morgan fingerprint density at radius 2 is 1.87 bits per heavy atom. The first-order chi connectivity index (χ1) is 14.1. The van der Waals surface area contributed by atoms with Gasteiger partial charge in [-0.25, -0.2) is 9.18 Å². The number of nitrogens with zero attached hydrogens (tertiary/aromatic N) is 1. The number of esters is 1. The average molecular weight is 472 g/mol. The number of carbonyl (C=O) groups is 2. The van der Waals surface area contributed by atoms with Crippen LogP contribution in [0.1, 0.15) is 35.8 Å². The normalized spacial score (nSPS) is 20.4. The quantitative estimate of drug-likeness (QED) is 0.666. The minimum Gasteiger partial charge on any atom is -0.465 e. The minimum absolute atomic E-state index is 0. The molecule has 1 aliphatic rings. The van der Waals surface area contributed by atoms with E-state index in [2.05, 4.69) is 14.8 Å². The summed E-state index contributed by atoms with van der Waals surface area (Å²) in [6.45, 7) is 0. The number of amides is 1. The Bertz CT molecular complexity index is 1080. The minimum atomic E-state index is -3.95. The fourth-order valence-electron chi connectivity index (χ4n) is 3.10. The fourth-order valence-corrected chi connectivity index (χ4v) is 4.55. The summed E-state index contributed by atoms with van der Waals surface area (Å²) in [6, 6.07) is 8.19. The van der Waals surface area contributed by atoms with E-state index in [4.69, 9.17) is 11.6 Å². The number of likely N-dealkylation sites (N-methyl/N-ethyl adjacent to an activating group) is 1. The van der Waals surface area contributed by atoms with Gasteiger partial charge in [0.2, 0.25) is 5.91 Å². The maximum atomic E-state index is 13.3. The summed E-state index contributed by atoms with van der Waals surface area (Å²) in [7, 11) is -1.39. The van der Waals surface area contributed by atoms with Crippen molar-refractivity contribution in [1.82, 2.24) is 9.03 Å². The van der Waals surface area contributed by atoms with Gasteiger partial charge >= 0.3 is 5.97 Å². The lowest BCUT2D eigenvalue weighted by atomic mass is 9.98. The van der Waals surface area contributed by atoms with Crippen LogP contribution < -0.4 is 10.0 Å². The molecular formula is C20H23ClFN3O5S. The molecule has 0 aliphatic carbocycles. The van der Waals surface area contributed by atoms with Gasteiger partial charge in [0.1, 0.15) is 11.9 Å². The molecule has 2 N–H and O–H groups in total. The molecule has 1 saturated heterocycles. The van der Waals surface area contributed by atoms with Crippen LogP contribution in [0.3, 0.4) is 0 Å². The maximum Gasteiger partial charge on any atom is 0.337 e. The van der Waals surface area contributed by atoms with Crippen LogP contribution in [-0.2, 0) is 19.7 Å². The van der Waals surface area contributed by atoms with Crippen LogP contribution in [0.25, 0.3) is 0 Å². The molecule has 0 aromatic heterocycles. The lowest BCUT2D eigenvalue weighted by Crippen LogP contribution is -2.55. The monoisotopic (exact) mass is 471 g/mol. The predicted molar refractivity (Wildman–Crippen MR) is 116 cm³/mol. The van der Waals surface area contributed by atoms with E-state index in [-0.39, 0.29) is 24.6 Å². The lowest BCUT2D eigenvalue weighted by molar-refractivity contribution is -0.120. The molecule has 11 heteroatoms. The molecule has 0 saturated carbocycles. The highest BCUT2D eigenvalue weighted by Crippen LogP contribution is 2.29. The summed E-state index contributed by atoms with van der Waals surface area (Å²) in [5.74, 6) is -1.73. The van der Waals surface area contributed by atoms with Crippen LogP contribution in [0.2, 0.25) is 5.02 Å². The summed E-state index contributed by atoms with van der Waals surface area (Å²) >= 11 is 5.73. The number of carbonyl (C=O) groups excluding carboxylic acids is 2. The number of anilines is 1. The third-order valence-corrected chi connectivity index (χ3v) is 6.68. The molecule has 1 aliphatic heterocycles. The molecule has 8 nitrogen and oxygen atoms in total. The summed E-state index contributed by atoms with van der Waals surface area (Å²) < 4.78 is 46.5. The van der Waals surface area contributed by atoms with Crippen molar-refractivity contribution in [2.24, 2.45) is 0 Å². The van der Waals surface area contributed by atoms with Gasteiger partial charge in [0.15, 0.2) is 0 Å². The Labute approximate surface area is 185 Å². The Hall–Kier alpha value is -2.53. The number of ether oxygens (including phenoxy) is 1. The fraction of sp³-hybridized carbons (Fsp3) is 0.300. The number of benzene rings is 2. The largest absolute Gasteiger partial charge is 0.465 e. The van der Waals surface area contributed by atoms with E-state index < -0.39 is 40.0 Å². The molecule has 1 fully saturated rings. The molecule has 31 heavy (non-hydrogen) atoms. The van der Waals surface area contributed by atoms with Gasteiger partial charge in [-0.05, 0) is 42.3 Å². The Balaban J connectivity index is 0.00000341. The summed E-state index contributed by atoms with van der Waals surface area (Å²) in [5, 5.41) is 2.40. The molecule has 1 heterocycles. The van der Waals surface area contributed by atoms with Crippen molar-refractivity contribution in [3.8, 4) is 0 Å². The number of nitrogens with one attached hydrogen (secondary N) is 2.